The molecule has 4 heteroatoms. The van der Waals surface area contributed by atoms with Gasteiger partial charge in [-0.25, -0.2) is 4.39 Å². The molecule has 3 heterocycles. The molecular formula is C24H23FN2S. The van der Waals surface area contributed by atoms with Gasteiger partial charge < -0.3 is 4.90 Å². The molecule has 0 saturated carbocycles. The Labute approximate surface area is 170 Å². The molecule has 1 saturated heterocycles. The lowest BCUT2D eigenvalue weighted by Crippen LogP contribution is -2.30. The van der Waals surface area contributed by atoms with Gasteiger partial charge in [0.15, 0.2) is 0 Å². The molecule has 28 heavy (non-hydrogen) atoms. The van der Waals surface area contributed by atoms with Crippen LogP contribution >= 0.6 is 11.3 Å². The molecule has 2 nitrogen and oxygen atoms in total. The molecule has 1 aromatic carbocycles. The third-order valence-electron chi connectivity index (χ3n) is 5.04. The summed E-state index contributed by atoms with van der Waals surface area (Å²) in [5.41, 5.74) is 3.24. The van der Waals surface area contributed by atoms with E-state index >= 15 is 0 Å². The Balaban J connectivity index is 1.57. The molecule has 0 aliphatic carbocycles. The fourth-order valence-electron chi connectivity index (χ4n) is 3.56. The van der Waals surface area contributed by atoms with Crippen LogP contribution in [-0.2, 0) is 0 Å². The van der Waals surface area contributed by atoms with E-state index in [0.29, 0.717) is 0 Å². The van der Waals surface area contributed by atoms with Gasteiger partial charge in [0.25, 0.3) is 0 Å². The molecule has 1 aliphatic rings. The molecule has 0 bridgehead atoms. The van der Waals surface area contributed by atoms with E-state index < -0.39 is 0 Å². The van der Waals surface area contributed by atoms with Gasteiger partial charge in [-0.15, -0.1) is 11.3 Å². The molecule has 0 unspecified atom stereocenters. The van der Waals surface area contributed by atoms with Gasteiger partial charge in [0.05, 0.1) is 4.88 Å². The van der Waals surface area contributed by atoms with Crippen molar-refractivity contribution in [2.45, 2.75) is 25.7 Å². The largest absolute Gasteiger partial charge is 0.302 e. The first-order chi connectivity index (χ1) is 13.8. The fraction of sp³-hybridized carbons (Fsp3) is 0.292. The maximum absolute atomic E-state index is 13.4. The number of thiophene rings is 1. The molecule has 0 N–H and O–H groups in total. The summed E-state index contributed by atoms with van der Waals surface area (Å²) in [4.78, 5) is 8.79. The van der Waals surface area contributed by atoms with Crippen molar-refractivity contribution in [2.24, 2.45) is 0 Å². The molecule has 0 radical (unpaired) electrons. The van der Waals surface area contributed by atoms with E-state index in [1.807, 2.05) is 24.3 Å². The highest BCUT2D eigenvalue weighted by molar-refractivity contribution is 7.16. The highest BCUT2D eigenvalue weighted by atomic mass is 32.1. The number of halogens is 1. The third-order valence-corrected chi connectivity index (χ3v) is 6.14. The van der Waals surface area contributed by atoms with Crippen molar-refractivity contribution < 1.29 is 4.39 Å². The summed E-state index contributed by atoms with van der Waals surface area (Å²) in [7, 11) is 0. The summed E-state index contributed by atoms with van der Waals surface area (Å²) in [6.07, 6.45) is 8.48. The van der Waals surface area contributed by atoms with Crippen LogP contribution in [0.1, 0.15) is 30.6 Å². The van der Waals surface area contributed by atoms with Crippen molar-refractivity contribution in [2.75, 3.05) is 19.6 Å². The minimum Gasteiger partial charge on any atom is -0.302 e. The number of piperidine rings is 1. The number of aromatic nitrogens is 1. The van der Waals surface area contributed by atoms with Crippen molar-refractivity contribution in [1.82, 2.24) is 9.88 Å². The van der Waals surface area contributed by atoms with Gasteiger partial charge in [0.2, 0.25) is 0 Å². The highest BCUT2D eigenvalue weighted by Gasteiger charge is 2.13. The molecule has 142 valence electrons. The van der Waals surface area contributed by atoms with Crippen LogP contribution in [-0.4, -0.2) is 29.5 Å². The molecule has 0 amide bonds. The number of pyridine rings is 1. The first-order valence-corrected chi connectivity index (χ1v) is 10.6. The van der Waals surface area contributed by atoms with Crippen LogP contribution in [0.3, 0.4) is 0 Å². The van der Waals surface area contributed by atoms with Gasteiger partial charge in [-0.2, -0.15) is 0 Å². The number of benzene rings is 1. The van der Waals surface area contributed by atoms with Crippen molar-refractivity contribution in [1.29, 1.82) is 0 Å². The van der Waals surface area contributed by atoms with Crippen LogP contribution in [0.25, 0.3) is 21.6 Å². The summed E-state index contributed by atoms with van der Waals surface area (Å²) >= 11 is 1.67. The zero-order valence-electron chi connectivity index (χ0n) is 15.8. The first kappa shape index (κ1) is 18.9. The van der Waals surface area contributed by atoms with E-state index in [0.717, 1.165) is 39.4 Å². The Morgan fingerprint density at radius 2 is 1.71 bits per heavy atom. The smallest absolute Gasteiger partial charge is 0.123 e. The van der Waals surface area contributed by atoms with Crippen LogP contribution < -0.4 is 0 Å². The van der Waals surface area contributed by atoms with Gasteiger partial charge >= 0.3 is 0 Å². The van der Waals surface area contributed by atoms with E-state index in [1.54, 1.807) is 23.7 Å². The molecular weight excluding hydrogens is 367 g/mol. The van der Waals surface area contributed by atoms with Crippen LogP contribution in [0, 0.1) is 17.7 Å². The molecule has 3 aromatic rings. The second-order valence-electron chi connectivity index (χ2n) is 7.05. The lowest BCUT2D eigenvalue weighted by Gasteiger charge is -2.25. The lowest BCUT2D eigenvalue weighted by atomic mass is 10.0. The van der Waals surface area contributed by atoms with E-state index in [4.69, 9.17) is 0 Å². The maximum atomic E-state index is 13.4. The standard InChI is InChI=1S/C24H23FN2S/c25-21-9-7-20(8-10-21)24-23(19-11-13-26-14-12-19)18-22(28-24)6-2-5-17-27-15-3-1-4-16-27/h7-14,18H,1,3-5,15-17H2. The Morgan fingerprint density at radius 1 is 0.964 bits per heavy atom. The second kappa shape index (κ2) is 9.14. The molecule has 4 rings (SSSR count). The van der Waals surface area contributed by atoms with Crippen molar-refractivity contribution >= 4 is 11.3 Å². The predicted molar refractivity (Wildman–Crippen MR) is 115 cm³/mol. The Hall–Kier alpha value is -2.48. The summed E-state index contributed by atoms with van der Waals surface area (Å²) in [5.74, 6) is 6.48. The summed E-state index contributed by atoms with van der Waals surface area (Å²) in [6, 6.07) is 12.8. The number of hydrogen-bond donors (Lipinski definition) is 0. The lowest BCUT2D eigenvalue weighted by molar-refractivity contribution is 0.234. The Kier molecular flexibility index (Phi) is 6.16. The molecule has 1 aliphatic heterocycles. The van der Waals surface area contributed by atoms with Gasteiger partial charge in [-0.1, -0.05) is 30.4 Å². The fourth-order valence-corrected chi connectivity index (χ4v) is 4.62. The van der Waals surface area contributed by atoms with Crippen LogP contribution in [0.15, 0.2) is 54.9 Å². The minimum absolute atomic E-state index is 0.219. The van der Waals surface area contributed by atoms with Crippen LogP contribution in [0.2, 0.25) is 0 Å². The van der Waals surface area contributed by atoms with E-state index in [1.165, 1.54) is 44.5 Å². The van der Waals surface area contributed by atoms with E-state index in [2.05, 4.69) is 27.8 Å². The second-order valence-corrected chi connectivity index (χ2v) is 8.10. The Bertz CT molecular complexity index is 961. The SMILES string of the molecule is Fc1ccc(-c2sc(C#CCCN3CCCCC3)cc2-c2ccncc2)cc1. The summed E-state index contributed by atoms with van der Waals surface area (Å²) in [6.45, 7) is 3.48. The monoisotopic (exact) mass is 390 g/mol. The molecule has 0 spiro atoms. The summed E-state index contributed by atoms with van der Waals surface area (Å²) in [5, 5.41) is 0. The predicted octanol–water partition coefficient (Wildman–Crippen LogP) is 5.84. The zero-order chi connectivity index (χ0) is 19.2. The normalized spacial score (nSPS) is 14.5. The number of nitrogens with zero attached hydrogens (tertiary/aromatic N) is 2. The quantitative estimate of drug-likeness (QED) is 0.520. The van der Waals surface area contributed by atoms with Crippen molar-refractivity contribution in [3.05, 3.63) is 65.6 Å². The van der Waals surface area contributed by atoms with Gasteiger partial charge in [-0.05, 0) is 67.4 Å². The first-order valence-electron chi connectivity index (χ1n) is 9.81. The summed E-state index contributed by atoms with van der Waals surface area (Å²) < 4.78 is 13.4. The zero-order valence-corrected chi connectivity index (χ0v) is 16.6. The highest BCUT2D eigenvalue weighted by Crippen LogP contribution is 2.39. The average molecular weight is 391 g/mol. The van der Waals surface area contributed by atoms with Crippen molar-refractivity contribution in [3.8, 4) is 33.4 Å². The third kappa shape index (κ3) is 4.67. The van der Waals surface area contributed by atoms with E-state index in [-0.39, 0.29) is 5.82 Å². The number of rotatable bonds is 4. The number of hydrogen-bond acceptors (Lipinski definition) is 3. The molecule has 1 fully saturated rings. The van der Waals surface area contributed by atoms with E-state index in [9.17, 15) is 4.39 Å². The average Bonchev–Trinajstić information content (AvgIpc) is 3.17. The van der Waals surface area contributed by atoms with Crippen LogP contribution in [0.4, 0.5) is 4.39 Å². The molecule has 0 atom stereocenters. The number of likely N-dealkylation sites (tertiary alicyclic amines) is 1. The molecule has 2 aromatic heterocycles. The van der Waals surface area contributed by atoms with Crippen LogP contribution in [0.5, 0.6) is 0 Å². The van der Waals surface area contributed by atoms with Gasteiger partial charge in [0, 0.05) is 35.8 Å². The topological polar surface area (TPSA) is 16.1 Å². The van der Waals surface area contributed by atoms with Gasteiger partial charge in [-0.3, -0.25) is 4.98 Å². The van der Waals surface area contributed by atoms with Crippen molar-refractivity contribution in [3.63, 3.8) is 0 Å². The minimum atomic E-state index is -0.219. The maximum Gasteiger partial charge on any atom is 0.123 e. The Morgan fingerprint density at radius 3 is 2.46 bits per heavy atom. The van der Waals surface area contributed by atoms with Gasteiger partial charge in [0.1, 0.15) is 5.82 Å².